The summed E-state index contributed by atoms with van der Waals surface area (Å²) in [5.74, 6) is 0.801. The van der Waals surface area contributed by atoms with Crippen molar-refractivity contribution in [3.8, 4) is 5.75 Å². The molecule has 0 saturated heterocycles. The van der Waals surface area contributed by atoms with Gasteiger partial charge in [0.15, 0.2) is 10.9 Å². The van der Waals surface area contributed by atoms with E-state index in [1.54, 1.807) is 24.3 Å². The monoisotopic (exact) mass is 262 g/mol. The quantitative estimate of drug-likeness (QED) is 0.841. The van der Waals surface area contributed by atoms with E-state index in [4.69, 9.17) is 10.5 Å². The fraction of sp³-hybridized carbons (Fsp3) is 0.231. The Hall–Kier alpha value is -1.88. The molecule has 0 unspecified atom stereocenters. The first-order valence-electron chi connectivity index (χ1n) is 5.65. The number of carbonyl (C=O) groups is 1. The number of nitrogen functional groups attached to an aromatic ring is 1. The number of thiazole rings is 1. The number of hydrogen-bond donors (Lipinski definition) is 1. The Morgan fingerprint density at radius 2 is 2.11 bits per heavy atom. The molecule has 0 radical (unpaired) electrons. The van der Waals surface area contributed by atoms with Crippen LogP contribution in [-0.2, 0) is 6.42 Å². The first-order chi connectivity index (χ1) is 8.69. The number of rotatable bonds is 5. The van der Waals surface area contributed by atoms with Crippen LogP contribution in [0.5, 0.6) is 5.75 Å². The average molecular weight is 262 g/mol. The van der Waals surface area contributed by atoms with Gasteiger partial charge in [0.1, 0.15) is 5.75 Å². The van der Waals surface area contributed by atoms with Gasteiger partial charge in [-0.3, -0.25) is 4.79 Å². The maximum absolute atomic E-state index is 12.0. The fourth-order valence-electron chi connectivity index (χ4n) is 1.57. The SMILES string of the molecule is CCOc1ccc(C(=O)Cc2csc(N)n2)cc1. The predicted octanol–water partition coefficient (Wildman–Crippen LogP) is 2.55. The molecule has 0 fully saturated rings. The number of nitrogens with zero attached hydrogens (tertiary/aromatic N) is 1. The molecule has 2 rings (SSSR count). The highest BCUT2D eigenvalue weighted by molar-refractivity contribution is 7.13. The lowest BCUT2D eigenvalue weighted by Crippen LogP contribution is -2.04. The van der Waals surface area contributed by atoms with E-state index in [9.17, 15) is 4.79 Å². The number of ketones is 1. The minimum Gasteiger partial charge on any atom is -0.494 e. The number of anilines is 1. The number of carbonyl (C=O) groups excluding carboxylic acids is 1. The summed E-state index contributed by atoms with van der Waals surface area (Å²) >= 11 is 1.35. The van der Waals surface area contributed by atoms with Gasteiger partial charge in [-0.25, -0.2) is 4.98 Å². The highest BCUT2D eigenvalue weighted by Crippen LogP contribution is 2.16. The van der Waals surface area contributed by atoms with Crippen LogP contribution in [0.3, 0.4) is 0 Å². The van der Waals surface area contributed by atoms with E-state index in [-0.39, 0.29) is 12.2 Å². The molecule has 0 aliphatic heterocycles. The van der Waals surface area contributed by atoms with Gasteiger partial charge in [-0.1, -0.05) is 0 Å². The Balaban J connectivity index is 2.04. The van der Waals surface area contributed by atoms with Crippen molar-refractivity contribution in [2.24, 2.45) is 0 Å². The maximum atomic E-state index is 12.0. The summed E-state index contributed by atoms with van der Waals surface area (Å²) in [7, 11) is 0. The van der Waals surface area contributed by atoms with Gasteiger partial charge in [0, 0.05) is 10.9 Å². The topological polar surface area (TPSA) is 65.2 Å². The largest absolute Gasteiger partial charge is 0.494 e. The number of hydrogen-bond acceptors (Lipinski definition) is 5. The van der Waals surface area contributed by atoms with E-state index in [2.05, 4.69) is 4.98 Å². The minimum absolute atomic E-state index is 0.0309. The molecule has 18 heavy (non-hydrogen) atoms. The van der Waals surface area contributed by atoms with Crippen molar-refractivity contribution in [3.05, 3.63) is 40.9 Å². The third-order valence-electron chi connectivity index (χ3n) is 2.40. The van der Waals surface area contributed by atoms with Gasteiger partial charge >= 0.3 is 0 Å². The van der Waals surface area contributed by atoms with Crippen LogP contribution in [0.2, 0.25) is 0 Å². The predicted molar refractivity (Wildman–Crippen MR) is 72.2 cm³/mol. The normalized spacial score (nSPS) is 10.3. The lowest BCUT2D eigenvalue weighted by Gasteiger charge is -2.03. The van der Waals surface area contributed by atoms with Crippen molar-refractivity contribution in [2.45, 2.75) is 13.3 Å². The molecule has 4 nitrogen and oxygen atoms in total. The average Bonchev–Trinajstić information content (AvgIpc) is 2.76. The molecule has 0 aliphatic rings. The summed E-state index contributed by atoms with van der Waals surface area (Å²) in [6, 6.07) is 7.13. The second-order valence-corrected chi connectivity index (χ2v) is 4.62. The molecule has 5 heteroatoms. The molecule has 0 saturated carbocycles. The standard InChI is InChI=1S/C13H14N2O2S/c1-2-17-11-5-3-9(4-6-11)12(16)7-10-8-18-13(14)15-10/h3-6,8H,2,7H2,1H3,(H2,14,15). The van der Waals surface area contributed by atoms with Crippen LogP contribution in [0.4, 0.5) is 5.13 Å². The molecule has 1 aromatic heterocycles. The van der Waals surface area contributed by atoms with Crippen LogP contribution in [0.15, 0.2) is 29.6 Å². The van der Waals surface area contributed by atoms with E-state index in [0.29, 0.717) is 17.3 Å². The zero-order valence-electron chi connectivity index (χ0n) is 10.1. The molecule has 0 aliphatic carbocycles. The Kier molecular flexibility index (Phi) is 3.94. The molecule has 2 aromatic rings. The molecule has 0 spiro atoms. The van der Waals surface area contributed by atoms with Crippen molar-refractivity contribution in [1.82, 2.24) is 4.98 Å². The van der Waals surface area contributed by atoms with E-state index in [0.717, 1.165) is 11.4 Å². The van der Waals surface area contributed by atoms with Crippen LogP contribution >= 0.6 is 11.3 Å². The van der Waals surface area contributed by atoms with E-state index >= 15 is 0 Å². The molecular formula is C13H14N2O2S. The molecular weight excluding hydrogens is 248 g/mol. The molecule has 0 bridgehead atoms. The van der Waals surface area contributed by atoms with Gasteiger partial charge in [0.2, 0.25) is 0 Å². The summed E-state index contributed by atoms with van der Waals surface area (Å²) < 4.78 is 5.32. The molecule has 0 amide bonds. The lowest BCUT2D eigenvalue weighted by atomic mass is 10.1. The zero-order valence-corrected chi connectivity index (χ0v) is 10.9. The van der Waals surface area contributed by atoms with Gasteiger partial charge in [-0.2, -0.15) is 0 Å². The molecule has 1 aromatic carbocycles. The van der Waals surface area contributed by atoms with Crippen molar-refractivity contribution < 1.29 is 9.53 Å². The summed E-state index contributed by atoms with van der Waals surface area (Å²) in [5, 5.41) is 2.30. The number of ether oxygens (including phenoxy) is 1. The minimum atomic E-state index is 0.0309. The first-order valence-corrected chi connectivity index (χ1v) is 6.53. The smallest absolute Gasteiger partial charge is 0.180 e. The molecule has 94 valence electrons. The number of Topliss-reactive ketones (excluding diaryl/α,β-unsaturated/α-hetero) is 1. The Labute approximate surface area is 109 Å². The third-order valence-corrected chi connectivity index (χ3v) is 3.12. The second kappa shape index (κ2) is 5.64. The van der Waals surface area contributed by atoms with Crippen LogP contribution in [0.1, 0.15) is 23.0 Å². The van der Waals surface area contributed by atoms with Crippen molar-refractivity contribution >= 4 is 22.3 Å². The Morgan fingerprint density at radius 3 is 2.67 bits per heavy atom. The van der Waals surface area contributed by atoms with Crippen LogP contribution in [-0.4, -0.2) is 17.4 Å². The van der Waals surface area contributed by atoms with Gasteiger partial charge < -0.3 is 10.5 Å². The van der Waals surface area contributed by atoms with Gasteiger partial charge in [0.05, 0.1) is 18.7 Å². The zero-order chi connectivity index (χ0) is 13.0. The Bertz CT molecular complexity index is 534. The fourth-order valence-corrected chi connectivity index (χ4v) is 2.14. The highest BCUT2D eigenvalue weighted by Gasteiger charge is 2.09. The van der Waals surface area contributed by atoms with Crippen LogP contribution < -0.4 is 10.5 Å². The molecule has 0 atom stereocenters. The molecule has 2 N–H and O–H groups in total. The second-order valence-electron chi connectivity index (χ2n) is 3.73. The summed E-state index contributed by atoms with van der Waals surface area (Å²) in [6.45, 7) is 2.54. The number of aromatic nitrogens is 1. The van der Waals surface area contributed by atoms with Gasteiger partial charge in [-0.05, 0) is 31.2 Å². The van der Waals surface area contributed by atoms with E-state index in [1.165, 1.54) is 11.3 Å². The van der Waals surface area contributed by atoms with Crippen LogP contribution in [0.25, 0.3) is 0 Å². The Morgan fingerprint density at radius 1 is 1.39 bits per heavy atom. The van der Waals surface area contributed by atoms with Crippen molar-refractivity contribution in [2.75, 3.05) is 12.3 Å². The summed E-state index contributed by atoms with van der Waals surface area (Å²) in [4.78, 5) is 16.0. The highest BCUT2D eigenvalue weighted by atomic mass is 32.1. The van der Waals surface area contributed by atoms with Crippen LogP contribution in [0, 0.1) is 0 Å². The first kappa shape index (κ1) is 12.6. The summed E-state index contributed by atoms with van der Waals surface area (Å²) in [6.07, 6.45) is 0.279. The summed E-state index contributed by atoms with van der Waals surface area (Å²) in [5.41, 5.74) is 6.90. The third kappa shape index (κ3) is 3.07. The maximum Gasteiger partial charge on any atom is 0.180 e. The van der Waals surface area contributed by atoms with Crippen molar-refractivity contribution in [1.29, 1.82) is 0 Å². The van der Waals surface area contributed by atoms with Crippen molar-refractivity contribution in [3.63, 3.8) is 0 Å². The van der Waals surface area contributed by atoms with E-state index in [1.807, 2.05) is 12.3 Å². The van der Waals surface area contributed by atoms with Gasteiger partial charge in [0.25, 0.3) is 0 Å². The number of nitrogens with two attached hydrogens (primary N) is 1. The molecule has 1 heterocycles. The van der Waals surface area contributed by atoms with E-state index < -0.39 is 0 Å². The van der Waals surface area contributed by atoms with Gasteiger partial charge in [-0.15, -0.1) is 11.3 Å². The number of benzene rings is 1. The lowest BCUT2D eigenvalue weighted by molar-refractivity contribution is 0.0992.